The molecule has 0 bridgehead atoms. The van der Waals surface area contributed by atoms with E-state index in [0.29, 0.717) is 18.0 Å². The Balaban J connectivity index is 1.65. The van der Waals surface area contributed by atoms with Gasteiger partial charge >= 0.3 is 0 Å². The molecule has 1 atom stereocenters. The molecule has 1 aliphatic rings. The van der Waals surface area contributed by atoms with E-state index in [9.17, 15) is 12.8 Å². The van der Waals surface area contributed by atoms with E-state index in [1.165, 1.54) is 12.1 Å². The molecule has 0 aliphatic carbocycles. The van der Waals surface area contributed by atoms with E-state index in [-0.39, 0.29) is 11.7 Å². The molecule has 4 rings (SSSR count). The smallest absolute Gasteiger partial charge is 0.207 e. The number of fused-ring (bicyclic) bond motifs is 1. The minimum atomic E-state index is -3.57. The molecule has 0 radical (unpaired) electrons. The van der Waals surface area contributed by atoms with Gasteiger partial charge in [-0.1, -0.05) is 48.9 Å². The standard InChI is InChI=1S/C22H22FNO2S/c23-21-11-8-18(9-12-21)20-7-3-4-14-24(16-20)27(25,26)22-13-10-17-5-1-2-6-19(17)15-22/h1-2,5-6,8-13,15,20H,3-4,7,14,16H2. The predicted octanol–water partition coefficient (Wildman–Crippen LogP) is 4.94. The molecule has 1 unspecified atom stereocenters. The summed E-state index contributed by atoms with van der Waals surface area (Å²) in [5.74, 6) is -0.184. The number of hydrogen-bond acceptors (Lipinski definition) is 2. The first-order valence-electron chi connectivity index (χ1n) is 9.28. The summed E-state index contributed by atoms with van der Waals surface area (Å²) in [5, 5.41) is 1.94. The first-order chi connectivity index (χ1) is 13.0. The lowest BCUT2D eigenvalue weighted by Crippen LogP contribution is -2.34. The molecule has 140 valence electrons. The number of nitrogens with zero attached hydrogens (tertiary/aromatic N) is 1. The Kier molecular flexibility index (Phi) is 4.98. The van der Waals surface area contributed by atoms with Crippen molar-refractivity contribution in [2.24, 2.45) is 0 Å². The number of halogens is 1. The van der Waals surface area contributed by atoms with Crippen LogP contribution in [-0.4, -0.2) is 25.8 Å². The van der Waals surface area contributed by atoms with Gasteiger partial charge in [-0.25, -0.2) is 12.8 Å². The molecule has 1 fully saturated rings. The summed E-state index contributed by atoms with van der Waals surface area (Å²) in [6.45, 7) is 0.952. The van der Waals surface area contributed by atoms with Crippen LogP contribution >= 0.6 is 0 Å². The Labute approximate surface area is 159 Å². The van der Waals surface area contributed by atoms with E-state index < -0.39 is 10.0 Å². The van der Waals surface area contributed by atoms with E-state index in [1.807, 2.05) is 30.3 Å². The molecule has 0 N–H and O–H groups in total. The SMILES string of the molecule is O=S(=O)(c1ccc2ccccc2c1)N1CCCCC(c2ccc(F)cc2)C1. The zero-order valence-corrected chi connectivity index (χ0v) is 15.8. The molecule has 1 saturated heterocycles. The van der Waals surface area contributed by atoms with Gasteiger partial charge in [0.25, 0.3) is 0 Å². The van der Waals surface area contributed by atoms with Crippen molar-refractivity contribution in [1.82, 2.24) is 4.31 Å². The van der Waals surface area contributed by atoms with Crippen LogP contribution in [0.25, 0.3) is 10.8 Å². The fourth-order valence-corrected chi connectivity index (χ4v) is 5.37. The highest BCUT2D eigenvalue weighted by atomic mass is 32.2. The Hall–Kier alpha value is -2.24. The normalized spacial score (nSPS) is 19.1. The molecule has 0 spiro atoms. The molecule has 5 heteroatoms. The Morgan fingerprint density at radius 1 is 0.889 bits per heavy atom. The van der Waals surface area contributed by atoms with E-state index in [4.69, 9.17) is 0 Å². The quantitative estimate of drug-likeness (QED) is 0.643. The first-order valence-corrected chi connectivity index (χ1v) is 10.7. The lowest BCUT2D eigenvalue weighted by molar-refractivity contribution is 0.406. The first kappa shape index (κ1) is 18.1. The molecular formula is C22H22FNO2S. The van der Waals surface area contributed by atoms with Crippen molar-refractivity contribution in [1.29, 1.82) is 0 Å². The summed E-state index contributed by atoms with van der Waals surface area (Å²) in [4.78, 5) is 0.334. The summed E-state index contributed by atoms with van der Waals surface area (Å²) >= 11 is 0. The van der Waals surface area contributed by atoms with Crippen molar-refractivity contribution in [2.75, 3.05) is 13.1 Å². The van der Waals surface area contributed by atoms with Gasteiger partial charge in [0.15, 0.2) is 0 Å². The van der Waals surface area contributed by atoms with Gasteiger partial charge in [0, 0.05) is 13.1 Å². The average Bonchev–Trinajstić information content (AvgIpc) is 2.95. The monoisotopic (exact) mass is 383 g/mol. The molecule has 1 aliphatic heterocycles. The van der Waals surface area contributed by atoms with Crippen LogP contribution < -0.4 is 0 Å². The summed E-state index contributed by atoms with van der Waals surface area (Å²) in [7, 11) is -3.57. The molecule has 0 aromatic heterocycles. The Morgan fingerprint density at radius 2 is 1.63 bits per heavy atom. The molecule has 3 aromatic rings. The van der Waals surface area contributed by atoms with Crippen LogP contribution in [0.2, 0.25) is 0 Å². The van der Waals surface area contributed by atoms with Gasteiger partial charge in [0.1, 0.15) is 5.82 Å². The van der Waals surface area contributed by atoms with Crippen molar-refractivity contribution in [3.8, 4) is 0 Å². The van der Waals surface area contributed by atoms with Gasteiger partial charge < -0.3 is 0 Å². The van der Waals surface area contributed by atoms with E-state index in [1.54, 1.807) is 28.6 Å². The lowest BCUT2D eigenvalue weighted by Gasteiger charge is -2.24. The zero-order chi connectivity index (χ0) is 18.9. The van der Waals surface area contributed by atoms with Gasteiger partial charge in [-0.3, -0.25) is 0 Å². The van der Waals surface area contributed by atoms with E-state index in [0.717, 1.165) is 35.6 Å². The third kappa shape index (κ3) is 3.75. The summed E-state index contributed by atoms with van der Waals surface area (Å²) in [6.07, 6.45) is 2.71. The zero-order valence-electron chi connectivity index (χ0n) is 15.0. The molecule has 1 heterocycles. The highest BCUT2D eigenvalue weighted by Crippen LogP contribution is 2.30. The minimum Gasteiger partial charge on any atom is -0.207 e. The summed E-state index contributed by atoms with van der Waals surface area (Å²) in [5.41, 5.74) is 0.997. The highest BCUT2D eigenvalue weighted by molar-refractivity contribution is 7.89. The maximum absolute atomic E-state index is 13.3. The van der Waals surface area contributed by atoms with Crippen molar-refractivity contribution in [3.63, 3.8) is 0 Å². The third-order valence-electron chi connectivity index (χ3n) is 5.33. The van der Waals surface area contributed by atoms with Crippen molar-refractivity contribution >= 4 is 20.8 Å². The second kappa shape index (κ2) is 7.41. The second-order valence-corrected chi connectivity index (χ2v) is 9.05. The number of sulfonamides is 1. The van der Waals surface area contributed by atoms with Crippen LogP contribution in [-0.2, 0) is 10.0 Å². The van der Waals surface area contributed by atoms with Gasteiger partial charge in [0.2, 0.25) is 10.0 Å². The van der Waals surface area contributed by atoms with E-state index >= 15 is 0 Å². The van der Waals surface area contributed by atoms with Crippen LogP contribution in [0.5, 0.6) is 0 Å². The number of benzene rings is 3. The molecular weight excluding hydrogens is 361 g/mol. The van der Waals surface area contributed by atoms with Crippen molar-refractivity contribution in [2.45, 2.75) is 30.1 Å². The van der Waals surface area contributed by atoms with E-state index in [2.05, 4.69) is 0 Å². The molecule has 3 nitrogen and oxygen atoms in total. The summed E-state index contributed by atoms with van der Waals surface area (Å²) in [6, 6.07) is 19.5. The van der Waals surface area contributed by atoms with Crippen LogP contribution in [0.3, 0.4) is 0 Å². The molecule has 27 heavy (non-hydrogen) atoms. The number of rotatable bonds is 3. The Morgan fingerprint density at radius 3 is 2.41 bits per heavy atom. The van der Waals surface area contributed by atoms with Crippen LogP contribution in [0.4, 0.5) is 4.39 Å². The van der Waals surface area contributed by atoms with Gasteiger partial charge in [0.05, 0.1) is 4.90 Å². The molecule has 3 aromatic carbocycles. The van der Waals surface area contributed by atoms with Crippen LogP contribution in [0, 0.1) is 5.82 Å². The number of hydrogen-bond donors (Lipinski definition) is 0. The minimum absolute atomic E-state index is 0.0864. The average molecular weight is 383 g/mol. The predicted molar refractivity (Wildman–Crippen MR) is 106 cm³/mol. The maximum atomic E-state index is 13.3. The van der Waals surface area contributed by atoms with Crippen LogP contribution in [0.15, 0.2) is 71.6 Å². The fraction of sp³-hybridized carbons (Fsp3) is 0.273. The molecule has 0 amide bonds. The van der Waals surface area contributed by atoms with Gasteiger partial charge in [-0.15, -0.1) is 0 Å². The largest absolute Gasteiger partial charge is 0.243 e. The fourth-order valence-electron chi connectivity index (χ4n) is 3.81. The van der Waals surface area contributed by atoms with Crippen LogP contribution in [0.1, 0.15) is 30.7 Å². The van der Waals surface area contributed by atoms with Crippen molar-refractivity contribution < 1.29 is 12.8 Å². The topological polar surface area (TPSA) is 37.4 Å². The van der Waals surface area contributed by atoms with Gasteiger partial charge in [-0.05, 0) is 59.4 Å². The second-order valence-electron chi connectivity index (χ2n) is 7.12. The van der Waals surface area contributed by atoms with Gasteiger partial charge in [-0.2, -0.15) is 4.31 Å². The summed E-state index contributed by atoms with van der Waals surface area (Å²) < 4.78 is 41.4. The Bertz CT molecular complexity index is 1050. The highest BCUT2D eigenvalue weighted by Gasteiger charge is 2.29. The van der Waals surface area contributed by atoms with Crippen molar-refractivity contribution in [3.05, 3.63) is 78.1 Å². The maximum Gasteiger partial charge on any atom is 0.243 e. The molecule has 0 saturated carbocycles. The lowest BCUT2D eigenvalue weighted by atomic mass is 9.95. The third-order valence-corrected chi connectivity index (χ3v) is 7.20.